The molecule has 0 saturated carbocycles. The van der Waals surface area contributed by atoms with Gasteiger partial charge in [0.2, 0.25) is 0 Å². The fourth-order valence-electron chi connectivity index (χ4n) is 3.11. The lowest BCUT2D eigenvalue weighted by Gasteiger charge is -2.12. The molecular weight excluding hydrogens is 410 g/mol. The Morgan fingerprint density at radius 2 is 2.03 bits per heavy atom. The van der Waals surface area contributed by atoms with E-state index in [4.69, 9.17) is 16.3 Å². The summed E-state index contributed by atoms with van der Waals surface area (Å²) < 4.78 is 7.06. The van der Waals surface area contributed by atoms with Gasteiger partial charge in [0.1, 0.15) is 9.71 Å². The van der Waals surface area contributed by atoms with Gasteiger partial charge in [-0.25, -0.2) is 4.79 Å². The van der Waals surface area contributed by atoms with Gasteiger partial charge in [0.15, 0.2) is 6.61 Å². The molecule has 29 heavy (non-hydrogen) atoms. The zero-order valence-corrected chi connectivity index (χ0v) is 18.3. The second-order valence-corrected chi connectivity index (χ2v) is 8.50. The van der Waals surface area contributed by atoms with E-state index in [1.807, 2.05) is 42.8 Å². The van der Waals surface area contributed by atoms with E-state index in [0.717, 1.165) is 34.3 Å². The van der Waals surface area contributed by atoms with Crippen molar-refractivity contribution in [3.63, 3.8) is 0 Å². The number of hydrogen-bond donors (Lipinski definition) is 1. The summed E-state index contributed by atoms with van der Waals surface area (Å²) >= 11 is 7.26. The van der Waals surface area contributed by atoms with E-state index in [0.29, 0.717) is 16.4 Å². The van der Waals surface area contributed by atoms with Crippen molar-refractivity contribution in [3.05, 3.63) is 51.5 Å². The Morgan fingerprint density at radius 1 is 1.31 bits per heavy atom. The number of halogens is 1. The Balaban J connectivity index is 1.68. The van der Waals surface area contributed by atoms with Crippen LogP contribution in [0.3, 0.4) is 0 Å². The Bertz CT molecular complexity index is 1010. The number of aromatic nitrogens is 2. The molecule has 6 nitrogen and oxygen atoms in total. The molecule has 1 amide bonds. The molecule has 3 aromatic rings. The summed E-state index contributed by atoms with van der Waals surface area (Å²) in [7, 11) is 0. The molecule has 154 valence electrons. The first-order valence-electron chi connectivity index (χ1n) is 9.55. The molecule has 0 radical (unpaired) electrons. The second kappa shape index (κ2) is 9.41. The molecule has 8 heteroatoms. The SMILES string of the molecule is CCCC(C)NC(=O)COC(=O)c1cc2c(C)nn(Cc3ccc(Cl)cc3)c2s1. The lowest BCUT2D eigenvalue weighted by Crippen LogP contribution is -2.35. The number of rotatable bonds is 8. The first kappa shape index (κ1) is 21.3. The Morgan fingerprint density at radius 3 is 2.72 bits per heavy atom. The third kappa shape index (κ3) is 5.36. The number of carbonyl (C=O) groups excluding carboxylic acids is 2. The summed E-state index contributed by atoms with van der Waals surface area (Å²) in [5.41, 5.74) is 1.91. The van der Waals surface area contributed by atoms with Crippen molar-refractivity contribution in [3.8, 4) is 0 Å². The molecule has 0 fully saturated rings. The average molecular weight is 434 g/mol. The van der Waals surface area contributed by atoms with E-state index in [1.54, 1.807) is 6.07 Å². The van der Waals surface area contributed by atoms with E-state index in [9.17, 15) is 9.59 Å². The van der Waals surface area contributed by atoms with E-state index in [1.165, 1.54) is 11.3 Å². The minimum atomic E-state index is -0.498. The highest BCUT2D eigenvalue weighted by atomic mass is 35.5. The van der Waals surface area contributed by atoms with Crippen molar-refractivity contribution in [2.75, 3.05) is 6.61 Å². The van der Waals surface area contributed by atoms with Crippen LogP contribution in [0.25, 0.3) is 10.2 Å². The minimum Gasteiger partial charge on any atom is -0.451 e. The van der Waals surface area contributed by atoms with Crippen molar-refractivity contribution in [1.82, 2.24) is 15.1 Å². The highest BCUT2D eigenvalue weighted by molar-refractivity contribution is 7.20. The molecule has 0 saturated heterocycles. The van der Waals surface area contributed by atoms with E-state index < -0.39 is 5.97 Å². The van der Waals surface area contributed by atoms with Gasteiger partial charge < -0.3 is 10.1 Å². The number of esters is 1. The van der Waals surface area contributed by atoms with Crippen molar-refractivity contribution < 1.29 is 14.3 Å². The first-order chi connectivity index (χ1) is 13.9. The zero-order valence-electron chi connectivity index (χ0n) is 16.7. The van der Waals surface area contributed by atoms with Crippen molar-refractivity contribution in [2.45, 2.75) is 46.2 Å². The van der Waals surface area contributed by atoms with Crippen molar-refractivity contribution in [2.24, 2.45) is 0 Å². The average Bonchev–Trinajstić information content (AvgIpc) is 3.23. The van der Waals surface area contributed by atoms with Crippen LogP contribution in [-0.4, -0.2) is 34.3 Å². The maximum absolute atomic E-state index is 12.4. The van der Waals surface area contributed by atoms with Gasteiger partial charge >= 0.3 is 5.97 Å². The maximum atomic E-state index is 12.4. The maximum Gasteiger partial charge on any atom is 0.348 e. The number of fused-ring (bicyclic) bond motifs is 1. The number of amides is 1. The number of nitrogens with one attached hydrogen (secondary N) is 1. The molecule has 2 heterocycles. The number of hydrogen-bond acceptors (Lipinski definition) is 5. The third-order valence-electron chi connectivity index (χ3n) is 4.52. The van der Waals surface area contributed by atoms with E-state index in [2.05, 4.69) is 17.3 Å². The van der Waals surface area contributed by atoms with E-state index >= 15 is 0 Å². The van der Waals surface area contributed by atoms with Crippen molar-refractivity contribution >= 4 is 45.0 Å². The van der Waals surface area contributed by atoms with E-state index in [-0.39, 0.29) is 18.6 Å². The smallest absolute Gasteiger partial charge is 0.348 e. The number of thiophene rings is 1. The molecule has 3 rings (SSSR count). The predicted molar refractivity (Wildman–Crippen MR) is 116 cm³/mol. The molecule has 1 aromatic carbocycles. The molecule has 0 aliphatic rings. The molecule has 1 atom stereocenters. The Labute approximate surface area is 178 Å². The van der Waals surface area contributed by atoms with Crippen LogP contribution in [0, 0.1) is 6.92 Å². The molecule has 2 aromatic heterocycles. The van der Waals surface area contributed by atoms with Gasteiger partial charge in [0.05, 0.1) is 12.2 Å². The molecular formula is C21H24ClN3O3S. The topological polar surface area (TPSA) is 73.2 Å². The summed E-state index contributed by atoms with van der Waals surface area (Å²) in [4.78, 5) is 25.7. The highest BCUT2D eigenvalue weighted by Crippen LogP contribution is 2.29. The van der Waals surface area contributed by atoms with Crippen LogP contribution in [-0.2, 0) is 16.1 Å². The van der Waals surface area contributed by atoms with Crippen molar-refractivity contribution in [1.29, 1.82) is 0 Å². The quantitative estimate of drug-likeness (QED) is 0.528. The summed E-state index contributed by atoms with van der Waals surface area (Å²) in [6, 6.07) is 9.43. The predicted octanol–water partition coefficient (Wildman–Crippen LogP) is 4.57. The monoisotopic (exact) mass is 433 g/mol. The zero-order chi connectivity index (χ0) is 21.0. The second-order valence-electron chi connectivity index (χ2n) is 7.03. The normalized spacial score (nSPS) is 12.1. The largest absolute Gasteiger partial charge is 0.451 e. The minimum absolute atomic E-state index is 0.0667. The summed E-state index contributed by atoms with van der Waals surface area (Å²) in [6.45, 7) is 6.20. The van der Waals surface area contributed by atoms with Crippen LogP contribution in [0.4, 0.5) is 0 Å². The van der Waals surface area contributed by atoms with Gasteiger partial charge in [-0.15, -0.1) is 11.3 Å². The van der Waals surface area contributed by atoms with Gasteiger partial charge in [-0.3, -0.25) is 9.48 Å². The number of ether oxygens (including phenoxy) is 1. The number of nitrogens with zero attached hydrogens (tertiary/aromatic N) is 2. The third-order valence-corrected chi connectivity index (χ3v) is 5.90. The van der Waals surface area contributed by atoms with Gasteiger partial charge in [-0.1, -0.05) is 37.1 Å². The number of aryl methyl sites for hydroxylation is 1. The highest BCUT2D eigenvalue weighted by Gasteiger charge is 2.18. The van der Waals surface area contributed by atoms with Crippen LogP contribution in [0.15, 0.2) is 30.3 Å². The Kier molecular flexibility index (Phi) is 6.92. The lowest BCUT2D eigenvalue weighted by atomic mass is 10.2. The molecule has 0 aliphatic carbocycles. The van der Waals surface area contributed by atoms with Crippen LogP contribution >= 0.6 is 22.9 Å². The Hall–Kier alpha value is -2.38. The molecule has 0 bridgehead atoms. The fourth-order valence-corrected chi connectivity index (χ4v) is 4.29. The lowest BCUT2D eigenvalue weighted by molar-refractivity contribution is -0.124. The number of benzene rings is 1. The first-order valence-corrected chi connectivity index (χ1v) is 10.7. The van der Waals surface area contributed by atoms with Gasteiger partial charge in [0.25, 0.3) is 5.91 Å². The summed E-state index contributed by atoms with van der Waals surface area (Å²) in [5.74, 6) is -0.785. The molecule has 1 N–H and O–H groups in total. The number of carbonyl (C=O) groups is 2. The summed E-state index contributed by atoms with van der Waals surface area (Å²) in [6.07, 6.45) is 1.87. The van der Waals surface area contributed by atoms with Gasteiger partial charge in [-0.2, -0.15) is 5.10 Å². The van der Waals surface area contributed by atoms with Gasteiger partial charge in [0, 0.05) is 16.5 Å². The standard InChI is InChI=1S/C21H24ClN3O3S/c1-4-5-13(2)23-19(26)12-28-21(27)18-10-17-14(3)24-25(20(17)29-18)11-15-6-8-16(22)9-7-15/h6-10,13H,4-5,11-12H2,1-3H3,(H,23,26). The fraction of sp³-hybridized carbons (Fsp3) is 0.381. The van der Waals surface area contributed by atoms with Crippen LogP contribution in [0.1, 0.15) is 47.6 Å². The van der Waals surface area contributed by atoms with Crippen LogP contribution < -0.4 is 5.32 Å². The van der Waals surface area contributed by atoms with Gasteiger partial charge in [-0.05, 0) is 44.0 Å². The molecule has 0 spiro atoms. The molecule has 1 unspecified atom stereocenters. The van der Waals surface area contributed by atoms with Crippen LogP contribution in [0.2, 0.25) is 5.02 Å². The molecule has 0 aliphatic heterocycles. The summed E-state index contributed by atoms with van der Waals surface area (Å²) in [5, 5.41) is 8.99. The van der Waals surface area contributed by atoms with Crippen LogP contribution in [0.5, 0.6) is 0 Å².